The number of nitrogens with zero attached hydrogens (tertiary/aromatic N) is 2. The van der Waals surface area contributed by atoms with Crippen molar-refractivity contribution < 1.29 is 33.4 Å². The molecule has 0 radical (unpaired) electrons. The van der Waals surface area contributed by atoms with Crippen molar-refractivity contribution in [1.82, 2.24) is 9.80 Å². The first-order valence-corrected chi connectivity index (χ1v) is 10.8. The predicted octanol–water partition coefficient (Wildman–Crippen LogP) is 3.19. The second kappa shape index (κ2) is 9.19. The number of ether oxygens (including phenoxy) is 1. The Bertz CT molecular complexity index is 1140. The van der Waals surface area contributed by atoms with Gasteiger partial charge in [-0.15, -0.1) is 0 Å². The lowest BCUT2D eigenvalue weighted by molar-refractivity contribution is -0.139. The Kier molecular flexibility index (Phi) is 6.35. The van der Waals surface area contributed by atoms with Crippen LogP contribution in [0.25, 0.3) is 17.4 Å². The molecule has 2 aromatic rings. The SMILES string of the molecule is O=C(O)c1cc(-c2ccc(/C=C3\SC(=O)N(CC(=O)N4CCOCC4)C3=O)o2)ccc1Cl. The summed E-state index contributed by atoms with van der Waals surface area (Å²) in [6.45, 7) is 1.38. The minimum absolute atomic E-state index is 0.0619. The van der Waals surface area contributed by atoms with Crippen LogP contribution in [0.15, 0.2) is 39.7 Å². The van der Waals surface area contributed by atoms with Crippen LogP contribution in [-0.4, -0.2) is 70.8 Å². The second-order valence-electron chi connectivity index (χ2n) is 6.96. The zero-order valence-electron chi connectivity index (χ0n) is 16.6. The van der Waals surface area contributed by atoms with Gasteiger partial charge in [0.15, 0.2) is 0 Å². The Labute approximate surface area is 191 Å². The van der Waals surface area contributed by atoms with E-state index in [1.54, 1.807) is 23.1 Å². The Hall–Kier alpha value is -3.08. The molecule has 166 valence electrons. The molecule has 0 atom stereocenters. The normalized spacial score (nSPS) is 18.0. The number of rotatable bonds is 5. The Balaban J connectivity index is 1.49. The molecular formula is C21H17ClN2O7S. The number of amides is 3. The van der Waals surface area contributed by atoms with Crippen molar-refractivity contribution in [2.75, 3.05) is 32.8 Å². The first kappa shape index (κ1) is 22.1. The van der Waals surface area contributed by atoms with Crippen molar-refractivity contribution in [3.8, 4) is 11.3 Å². The summed E-state index contributed by atoms with van der Waals surface area (Å²) in [6.07, 6.45) is 1.42. The molecule has 1 N–H and O–H groups in total. The Morgan fingerprint density at radius 1 is 1.16 bits per heavy atom. The number of morpholine rings is 1. The molecule has 0 aliphatic carbocycles. The number of hydrogen-bond donors (Lipinski definition) is 1. The molecular weight excluding hydrogens is 460 g/mol. The van der Waals surface area contributed by atoms with E-state index in [0.29, 0.717) is 43.4 Å². The van der Waals surface area contributed by atoms with E-state index in [-0.39, 0.29) is 27.9 Å². The van der Waals surface area contributed by atoms with Crippen LogP contribution in [0.2, 0.25) is 5.02 Å². The van der Waals surface area contributed by atoms with Gasteiger partial charge in [-0.2, -0.15) is 0 Å². The zero-order chi connectivity index (χ0) is 22.8. The van der Waals surface area contributed by atoms with E-state index in [2.05, 4.69) is 0 Å². The summed E-state index contributed by atoms with van der Waals surface area (Å²) >= 11 is 6.62. The largest absolute Gasteiger partial charge is 0.478 e. The molecule has 2 saturated heterocycles. The van der Waals surface area contributed by atoms with E-state index in [1.807, 2.05) is 0 Å². The summed E-state index contributed by atoms with van der Waals surface area (Å²) in [7, 11) is 0. The van der Waals surface area contributed by atoms with Gasteiger partial charge in [0.05, 0.1) is 28.7 Å². The van der Waals surface area contributed by atoms with Gasteiger partial charge < -0.3 is 19.2 Å². The number of carboxylic acids is 1. The topological polar surface area (TPSA) is 117 Å². The number of carbonyl (C=O) groups excluding carboxylic acids is 3. The molecule has 1 aromatic carbocycles. The average Bonchev–Trinajstić information content (AvgIpc) is 3.35. The molecule has 2 fully saturated rings. The minimum atomic E-state index is -1.16. The van der Waals surface area contributed by atoms with Crippen molar-refractivity contribution in [2.45, 2.75) is 0 Å². The highest BCUT2D eigenvalue weighted by molar-refractivity contribution is 8.18. The molecule has 0 unspecified atom stereocenters. The molecule has 32 heavy (non-hydrogen) atoms. The highest BCUT2D eigenvalue weighted by Crippen LogP contribution is 2.34. The molecule has 1 aromatic heterocycles. The molecule has 2 aliphatic heterocycles. The number of imide groups is 1. The van der Waals surface area contributed by atoms with Crippen LogP contribution in [0.1, 0.15) is 16.1 Å². The maximum Gasteiger partial charge on any atom is 0.337 e. The van der Waals surface area contributed by atoms with E-state index in [4.69, 9.17) is 20.8 Å². The highest BCUT2D eigenvalue weighted by atomic mass is 35.5. The van der Waals surface area contributed by atoms with Gasteiger partial charge in [0.1, 0.15) is 18.1 Å². The van der Waals surface area contributed by atoms with Crippen LogP contribution >= 0.6 is 23.4 Å². The molecule has 0 saturated carbocycles. The standard InChI is InChI=1S/C21H17ClN2O7S/c22-15-3-1-12(9-14(15)20(27)28)16-4-2-13(31-16)10-17-19(26)24(21(29)32-17)11-18(25)23-5-7-30-8-6-23/h1-4,9-10H,5-8,11H2,(H,27,28)/b17-10-. The number of furan rings is 1. The van der Waals surface area contributed by atoms with Gasteiger partial charge in [0.25, 0.3) is 11.1 Å². The molecule has 0 spiro atoms. The van der Waals surface area contributed by atoms with Crippen LogP contribution in [-0.2, 0) is 14.3 Å². The fourth-order valence-electron chi connectivity index (χ4n) is 3.24. The molecule has 3 heterocycles. The third kappa shape index (κ3) is 4.57. The molecule has 11 heteroatoms. The lowest BCUT2D eigenvalue weighted by Crippen LogP contribution is -2.46. The van der Waals surface area contributed by atoms with Gasteiger partial charge in [0.2, 0.25) is 5.91 Å². The molecule has 9 nitrogen and oxygen atoms in total. The van der Waals surface area contributed by atoms with E-state index in [9.17, 15) is 24.3 Å². The smallest absolute Gasteiger partial charge is 0.337 e. The minimum Gasteiger partial charge on any atom is -0.478 e. The quantitative estimate of drug-likeness (QED) is 0.654. The fraction of sp³-hybridized carbons (Fsp3) is 0.238. The van der Waals surface area contributed by atoms with Gasteiger partial charge in [-0.25, -0.2) is 4.79 Å². The van der Waals surface area contributed by atoms with Crippen molar-refractivity contribution in [2.24, 2.45) is 0 Å². The van der Waals surface area contributed by atoms with Gasteiger partial charge >= 0.3 is 5.97 Å². The maximum atomic E-state index is 12.7. The third-order valence-corrected chi connectivity index (χ3v) is 6.15. The predicted molar refractivity (Wildman–Crippen MR) is 116 cm³/mol. The number of thioether (sulfide) groups is 1. The van der Waals surface area contributed by atoms with E-state index in [0.717, 1.165) is 16.7 Å². The van der Waals surface area contributed by atoms with Gasteiger partial charge in [0, 0.05) is 24.7 Å². The highest BCUT2D eigenvalue weighted by Gasteiger charge is 2.37. The van der Waals surface area contributed by atoms with Crippen LogP contribution in [0.5, 0.6) is 0 Å². The number of carbonyl (C=O) groups is 4. The molecule has 0 bridgehead atoms. The van der Waals surface area contributed by atoms with Crippen molar-refractivity contribution >= 4 is 52.5 Å². The van der Waals surface area contributed by atoms with Crippen molar-refractivity contribution in [3.05, 3.63) is 51.6 Å². The summed E-state index contributed by atoms with van der Waals surface area (Å²) in [6, 6.07) is 7.67. The number of benzene rings is 1. The van der Waals surface area contributed by atoms with Crippen LogP contribution in [0.4, 0.5) is 4.79 Å². The summed E-state index contributed by atoms with van der Waals surface area (Å²) in [5, 5.41) is 8.80. The van der Waals surface area contributed by atoms with Gasteiger partial charge in [-0.05, 0) is 42.1 Å². The van der Waals surface area contributed by atoms with Crippen molar-refractivity contribution in [3.63, 3.8) is 0 Å². The maximum absolute atomic E-state index is 12.7. The zero-order valence-corrected chi connectivity index (χ0v) is 18.1. The lowest BCUT2D eigenvalue weighted by atomic mass is 10.1. The second-order valence-corrected chi connectivity index (χ2v) is 8.36. The Morgan fingerprint density at radius 2 is 1.91 bits per heavy atom. The molecule has 3 amide bonds. The number of halogens is 1. The summed E-state index contributed by atoms with van der Waals surface area (Å²) in [4.78, 5) is 51.3. The first-order valence-electron chi connectivity index (χ1n) is 9.57. The van der Waals surface area contributed by atoms with Gasteiger partial charge in [-0.1, -0.05) is 11.6 Å². The van der Waals surface area contributed by atoms with Crippen LogP contribution in [0, 0.1) is 0 Å². The van der Waals surface area contributed by atoms with Crippen LogP contribution in [0.3, 0.4) is 0 Å². The number of aromatic carboxylic acids is 1. The van der Waals surface area contributed by atoms with Crippen LogP contribution < -0.4 is 0 Å². The van der Waals surface area contributed by atoms with Gasteiger partial charge in [-0.3, -0.25) is 19.3 Å². The average molecular weight is 477 g/mol. The molecule has 2 aliphatic rings. The number of hydrogen-bond acceptors (Lipinski definition) is 7. The van der Waals surface area contributed by atoms with Crippen molar-refractivity contribution in [1.29, 1.82) is 0 Å². The summed E-state index contributed by atoms with van der Waals surface area (Å²) in [5.74, 6) is -1.37. The summed E-state index contributed by atoms with van der Waals surface area (Å²) in [5.41, 5.74) is 0.434. The number of carboxylic acid groups (broad SMARTS) is 1. The van der Waals surface area contributed by atoms with E-state index in [1.165, 1.54) is 18.2 Å². The first-order chi connectivity index (χ1) is 15.3. The lowest BCUT2D eigenvalue weighted by Gasteiger charge is -2.27. The monoisotopic (exact) mass is 476 g/mol. The third-order valence-electron chi connectivity index (χ3n) is 4.91. The Morgan fingerprint density at radius 3 is 2.62 bits per heavy atom. The van der Waals surface area contributed by atoms with E-state index >= 15 is 0 Å². The summed E-state index contributed by atoms with van der Waals surface area (Å²) < 4.78 is 10.9. The van der Waals surface area contributed by atoms with E-state index < -0.39 is 17.1 Å². The fourth-order valence-corrected chi connectivity index (χ4v) is 4.26. The molecule has 4 rings (SSSR count).